The van der Waals surface area contributed by atoms with E-state index in [1.54, 1.807) is 18.2 Å². The van der Waals surface area contributed by atoms with Gasteiger partial charge in [0.1, 0.15) is 42.3 Å². The topological polar surface area (TPSA) is 204 Å². The number of hydrogen-bond donors (Lipinski definition) is 4. The van der Waals surface area contributed by atoms with Crippen LogP contribution in [0.3, 0.4) is 0 Å². The normalized spacial score (nSPS) is 23.8. The molecule has 0 aliphatic carbocycles. The summed E-state index contributed by atoms with van der Waals surface area (Å²) in [6.45, 7) is 6.87. The maximum Gasteiger partial charge on any atom is 0.406 e. The van der Waals surface area contributed by atoms with Gasteiger partial charge >= 0.3 is 13.7 Å². The van der Waals surface area contributed by atoms with E-state index in [-0.39, 0.29) is 30.6 Å². The number of nitrogens with one attached hydrogen (secondary N) is 1. The highest BCUT2D eigenvalue weighted by atomic mass is 31.2. The second-order valence-electron chi connectivity index (χ2n) is 10.8. The van der Waals surface area contributed by atoms with Gasteiger partial charge in [0.05, 0.1) is 25.5 Å². The van der Waals surface area contributed by atoms with Gasteiger partial charge in [-0.05, 0) is 43.0 Å². The summed E-state index contributed by atoms with van der Waals surface area (Å²) in [5.41, 5.74) is 5.93. The zero-order valence-corrected chi connectivity index (χ0v) is 26.0. The molecule has 0 unspecified atom stereocenters. The molecule has 4 rings (SSSR count). The number of anilines is 1. The quantitative estimate of drug-likeness (QED) is 0.150. The third-order valence-corrected chi connectivity index (χ3v) is 9.53. The molecule has 0 amide bonds. The van der Waals surface area contributed by atoms with Crippen molar-refractivity contribution < 1.29 is 38.1 Å². The fraction of sp³-hybridized carbons (Fsp3) is 0.517. The second kappa shape index (κ2) is 14.1. The molecular weight excluding hydrogens is 591 g/mol. The van der Waals surface area contributed by atoms with Crippen molar-refractivity contribution in [3.8, 4) is 6.07 Å². The molecule has 238 valence electrons. The molecule has 3 heterocycles. The molecule has 15 heteroatoms. The molecule has 0 radical (unpaired) electrons. The van der Waals surface area contributed by atoms with Crippen LogP contribution in [0.4, 0.5) is 5.82 Å². The van der Waals surface area contributed by atoms with Crippen LogP contribution < -0.4 is 10.8 Å². The lowest BCUT2D eigenvalue weighted by Crippen LogP contribution is -2.41. The molecule has 3 aromatic rings. The molecule has 0 bridgehead atoms. The van der Waals surface area contributed by atoms with Gasteiger partial charge in [-0.15, -0.1) is 0 Å². The summed E-state index contributed by atoms with van der Waals surface area (Å²) in [5.74, 6) is -0.310. The Kier molecular flexibility index (Phi) is 10.8. The van der Waals surface area contributed by atoms with Crippen molar-refractivity contribution in [2.24, 2.45) is 5.92 Å². The Morgan fingerprint density at radius 2 is 1.98 bits per heavy atom. The van der Waals surface area contributed by atoms with Crippen molar-refractivity contribution in [3.05, 3.63) is 59.5 Å². The summed E-state index contributed by atoms with van der Waals surface area (Å²) < 4.78 is 38.1. The van der Waals surface area contributed by atoms with E-state index in [2.05, 4.69) is 15.2 Å². The first-order valence-corrected chi connectivity index (χ1v) is 15.9. The number of rotatable bonds is 14. The van der Waals surface area contributed by atoms with Crippen molar-refractivity contribution >= 4 is 25.1 Å². The molecule has 1 fully saturated rings. The Balaban J connectivity index is 1.53. The number of benzene rings is 1. The number of carbonyl (C=O) groups is 1. The molecule has 5 N–H and O–H groups in total. The number of nitrogens with two attached hydrogens (primary N) is 1. The van der Waals surface area contributed by atoms with Gasteiger partial charge in [0.25, 0.3) is 0 Å². The number of aliphatic hydroxyl groups excluding tert-OH is 2. The number of aliphatic hydroxyl groups is 2. The lowest BCUT2D eigenvalue weighted by atomic mass is 9.92. The molecule has 1 saturated heterocycles. The zero-order valence-electron chi connectivity index (χ0n) is 25.1. The highest BCUT2D eigenvalue weighted by Gasteiger charge is 2.58. The Labute approximate surface area is 255 Å². The minimum atomic E-state index is -4.28. The van der Waals surface area contributed by atoms with Crippen LogP contribution in [-0.4, -0.2) is 68.3 Å². The van der Waals surface area contributed by atoms with E-state index in [1.807, 2.05) is 39.0 Å². The summed E-state index contributed by atoms with van der Waals surface area (Å²) >= 11 is 0. The average molecular weight is 631 g/mol. The molecule has 44 heavy (non-hydrogen) atoms. The Hall–Kier alpha value is -3.41. The minimum absolute atomic E-state index is 0.101. The van der Waals surface area contributed by atoms with Crippen LogP contribution in [0.25, 0.3) is 5.52 Å². The van der Waals surface area contributed by atoms with Gasteiger partial charge in [0, 0.05) is 0 Å². The smallest absolute Gasteiger partial charge is 0.406 e. The number of esters is 1. The van der Waals surface area contributed by atoms with Crippen LogP contribution in [0.5, 0.6) is 0 Å². The van der Waals surface area contributed by atoms with Crippen LogP contribution in [-0.2, 0) is 40.1 Å². The van der Waals surface area contributed by atoms with Crippen molar-refractivity contribution in [1.29, 1.82) is 5.26 Å². The van der Waals surface area contributed by atoms with E-state index in [0.29, 0.717) is 5.52 Å². The van der Waals surface area contributed by atoms with Gasteiger partial charge in [-0.3, -0.25) is 13.8 Å². The van der Waals surface area contributed by atoms with Gasteiger partial charge in [-0.2, -0.15) is 10.4 Å². The SMILES string of the molecule is CCC(CC)COC(=O)[C@H](C)N[P@@](=O)(OCc1ccccc1C)OC[C@H]1O[C@@](C#N)(c2ccc3c(N)ncnn23)[C@H](O)[C@@H]1O. The van der Waals surface area contributed by atoms with Crippen LogP contribution in [0.15, 0.2) is 42.7 Å². The number of aromatic nitrogens is 3. The minimum Gasteiger partial charge on any atom is -0.464 e. The molecule has 6 atom stereocenters. The Morgan fingerprint density at radius 1 is 1.25 bits per heavy atom. The Morgan fingerprint density at radius 3 is 2.66 bits per heavy atom. The van der Waals surface area contributed by atoms with E-state index < -0.39 is 50.3 Å². The maximum atomic E-state index is 14.0. The largest absolute Gasteiger partial charge is 0.464 e. The van der Waals surface area contributed by atoms with Gasteiger partial charge < -0.3 is 25.4 Å². The van der Waals surface area contributed by atoms with Crippen molar-refractivity contribution in [2.45, 2.75) is 77.1 Å². The van der Waals surface area contributed by atoms with Gasteiger partial charge in [-0.25, -0.2) is 19.2 Å². The number of carbonyl (C=O) groups excluding carboxylic acids is 1. The monoisotopic (exact) mass is 630 g/mol. The van der Waals surface area contributed by atoms with Gasteiger partial charge in [-0.1, -0.05) is 51.0 Å². The molecule has 0 saturated carbocycles. The summed E-state index contributed by atoms with van der Waals surface area (Å²) in [5, 5.41) is 38.9. The molecular formula is C29H39N6O8P. The van der Waals surface area contributed by atoms with Gasteiger partial charge in [0.15, 0.2) is 5.82 Å². The van der Waals surface area contributed by atoms with E-state index in [9.17, 15) is 24.8 Å². The van der Waals surface area contributed by atoms with E-state index >= 15 is 0 Å². The first-order valence-electron chi connectivity index (χ1n) is 14.4. The lowest BCUT2D eigenvalue weighted by molar-refractivity contribution is -0.146. The number of nitrogens with zero attached hydrogens (tertiary/aromatic N) is 4. The van der Waals surface area contributed by atoms with Crippen molar-refractivity contribution in [2.75, 3.05) is 18.9 Å². The summed E-state index contributed by atoms with van der Waals surface area (Å²) in [4.78, 5) is 16.7. The Bertz CT molecular complexity index is 1540. The number of nitrogen functional groups attached to an aromatic ring is 1. The molecule has 1 aromatic carbocycles. The maximum absolute atomic E-state index is 14.0. The van der Waals surface area contributed by atoms with E-state index in [0.717, 1.165) is 24.0 Å². The molecule has 2 aromatic heterocycles. The molecule has 1 aliphatic rings. The third kappa shape index (κ3) is 6.95. The molecule has 0 spiro atoms. The standard InChI is InChI=1S/C29H39N6O8P/c1-5-20(6-2)13-40-28(38)19(4)34-44(39,41-14-21-10-8-7-9-18(21)3)42-15-23-25(36)26(37)29(16-30,43-23)24-12-11-22-27(31)32-17-33-35(22)24/h7-12,17,19-20,23,25-26,36-37H,5-6,13-15H2,1-4H3,(H,34,39)(H2,31,32,33)/t19-,23+,25+,26+,29-,44+/m0/s1. The fourth-order valence-electron chi connectivity index (χ4n) is 4.90. The molecule has 14 nitrogen and oxygen atoms in total. The predicted octanol–water partition coefficient (Wildman–Crippen LogP) is 2.76. The van der Waals surface area contributed by atoms with Gasteiger partial charge in [0.2, 0.25) is 5.60 Å². The molecule has 1 aliphatic heterocycles. The third-order valence-electron chi connectivity index (χ3n) is 7.87. The number of aryl methyl sites for hydroxylation is 1. The van der Waals surface area contributed by atoms with Crippen molar-refractivity contribution in [3.63, 3.8) is 0 Å². The first-order chi connectivity index (χ1) is 21.0. The number of hydrogen-bond acceptors (Lipinski definition) is 12. The summed E-state index contributed by atoms with van der Waals surface area (Å²) in [6.07, 6.45) is -1.85. The summed E-state index contributed by atoms with van der Waals surface area (Å²) in [6, 6.07) is 11.2. The second-order valence-corrected chi connectivity index (χ2v) is 12.5. The van der Waals surface area contributed by atoms with Crippen LogP contribution in [0.2, 0.25) is 0 Å². The predicted molar refractivity (Wildman–Crippen MR) is 159 cm³/mol. The fourth-order valence-corrected chi connectivity index (χ4v) is 6.36. The number of nitriles is 1. The van der Waals surface area contributed by atoms with Crippen LogP contribution >= 0.6 is 7.75 Å². The highest BCUT2D eigenvalue weighted by Crippen LogP contribution is 2.47. The number of ether oxygens (including phenoxy) is 2. The van der Waals surface area contributed by atoms with E-state index in [4.69, 9.17) is 24.3 Å². The van der Waals surface area contributed by atoms with E-state index in [1.165, 1.54) is 23.8 Å². The highest BCUT2D eigenvalue weighted by molar-refractivity contribution is 7.51. The van der Waals surface area contributed by atoms with Crippen LogP contribution in [0.1, 0.15) is 50.4 Å². The average Bonchev–Trinajstić information content (AvgIpc) is 3.56. The lowest BCUT2D eigenvalue weighted by Gasteiger charge is -2.25. The first kappa shape index (κ1) is 33.5. The zero-order chi connectivity index (χ0) is 32.1. The van der Waals surface area contributed by atoms with Crippen LogP contribution in [0, 0.1) is 24.2 Å². The van der Waals surface area contributed by atoms with Crippen molar-refractivity contribution in [1.82, 2.24) is 19.7 Å². The number of fused-ring (bicyclic) bond motifs is 1. The summed E-state index contributed by atoms with van der Waals surface area (Å²) in [7, 11) is -4.28.